The quantitative estimate of drug-likeness (QED) is 0.453. The van der Waals surface area contributed by atoms with Crippen molar-refractivity contribution < 1.29 is 4.79 Å². The maximum absolute atomic E-state index is 12.1. The molecule has 0 saturated carbocycles. The third-order valence-corrected chi connectivity index (χ3v) is 8.15. The second kappa shape index (κ2) is 10.9. The summed E-state index contributed by atoms with van der Waals surface area (Å²) in [7, 11) is 0. The minimum Gasteiger partial charge on any atom is -0.355 e. The van der Waals surface area contributed by atoms with Gasteiger partial charge in [-0.05, 0) is 55.3 Å². The van der Waals surface area contributed by atoms with E-state index >= 15 is 0 Å². The van der Waals surface area contributed by atoms with Crippen molar-refractivity contribution in [2.45, 2.75) is 25.2 Å². The molecule has 2 heterocycles. The van der Waals surface area contributed by atoms with Gasteiger partial charge in [-0.15, -0.1) is 11.8 Å². The number of carbonyl (C=O) groups is 1. The second-order valence-electron chi connectivity index (χ2n) is 8.16. The number of fused-ring (bicyclic) bond motifs is 1. The minimum absolute atomic E-state index is 0.116. The Balaban J connectivity index is 1.15. The SMILES string of the molecule is Cc1cc(C)c2sc(N3CCN(CCNC(=O)CCSc4ccc(Cl)cc4)CC3)nc2c1. The fourth-order valence-corrected chi connectivity index (χ4v) is 5.94. The summed E-state index contributed by atoms with van der Waals surface area (Å²) in [5, 5.41) is 4.92. The lowest BCUT2D eigenvalue weighted by Crippen LogP contribution is -2.48. The normalized spacial score (nSPS) is 14.8. The molecule has 0 aliphatic carbocycles. The van der Waals surface area contributed by atoms with Crippen molar-refractivity contribution in [3.8, 4) is 0 Å². The van der Waals surface area contributed by atoms with Crippen molar-refractivity contribution in [3.05, 3.63) is 52.5 Å². The zero-order valence-corrected chi connectivity index (χ0v) is 21.0. The van der Waals surface area contributed by atoms with Crippen molar-refractivity contribution >= 4 is 56.0 Å². The number of thioether (sulfide) groups is 1. The molecule has 0 radical (unpaired) electrons. The molecule has 5 nitrogen and oxygen atoms in total. The smallest absolute Gasteiger partial charge is 0.220 e. The van der Waals surface area contributed by atoms with Gasteiger partial charge in [0.25, 0.3) is 0 Å². The van der Waals surface area contributed by atoms with E-state index in [1.165, 1.54) is 15.8 Å². The van der Waals surface area contributed by atoms with Crippen LogP contribution in [0, 0.1) is 13.8 Å². The fourth-order valence-electron chi connectivity index (χ4n) is 3.90. The number of carbonyl (C=O) groups excluding carboxylic acids is 1. The Kier molecular flexibility index (Phi) is 7.94. The number of aryl methyl sites for hydroxylation is 2. The highest BCUT2D eigenvalue weighted by molar-refractivity contribution is 7.99. The van der Waals surface area contributed by atoms with Crippen molar-refractivity contribution in [3.63, 3.8) is 0 Å². The van der Waals surface area contributed by atoms with Gasteiger partial charge in [0.15, 0.2) is 5.13 Å². The minimum atomic E-state index is 0.116. The van der Waals surface area contributed by atoms with E-state index in [2.05, 4.69) is 41.1 Å². The van der Waals surface area contributed by atoms with E-state index < -0.39 is 0 Å². The molecule has 0 bridgehead atoms. The Morgan fingerprint density at radius 2 is 1.91 bits per heavy atom. The molecule has 1 saturated heterocycles. The Labute approximate surface area is 203 Å². The van der Waals surface area contributed by atoms with Crippen LogP contribution in [0.3, 0.4) is 0 Å². The van der Waals surface area contributed by atoms with Gasteiger partial charge in [-0.25, -0.2) is 4.98 Å². The molecule has 2 aromatic carbocycles. The summed E-state index contributed by atoms with van der Waals surface area (Å²) >= 11 is 9.38. The molecule has 0 atom stereocenters. The molecule has 3 aromatic rings. The van der Waals surface area contributed by atoms with Gasteiger partial charge in [0.2, 0.25) is 5.91 Å². The highest BCUT2D eigenvalue weighted by Crippen LogP contribution is 2.32. The molecule has 1 aliphatic heterocycles. The molecule has 1 aromatic heterocycles. The van der Waals surface area contributed by atoms with Crippen LogP contribution in [0.2, 0.25) is 5.02 Å². The summed E-state index contributed by atoms with van der Waals surface area (Å²) in [5.74, 6) is 0.887. The number of halogens is 1. The van der Waals surface area contributed by atoms with E-state index in [9.17, 15) is 4.79 Å². The van der Waals surface area contributed by atoms with Crippen molar-refractivity contribution in [2.24, 2.45) is 0 Å². The first kappa shape index (κ1) is 23.4. The van der Waals surface area contributed by atoms with E-state index in [1.54, 1.807) is 23.1 Å². The number of anilines is 1. The van der Waals surface area contributed by atoms with Gasteiger partial charge in [0.1, 0.15) is 0 Å². The summed E-state index contributed by atoms with van der Waals surface area (Å²) in [6.07, 6.45) is 0.525. The van der Waals surface area contributed by atoms with Crippen LogP contribution in [0.1, 0.15) is 17.5 Å². The predicted molar refractivity (Wildman–Crippen MR) is 138 cm³/mol. The van der Waals surface area contributed by atoms with Gasteiger partial charge in [-0.1, -0.05) is 29.0 Å². The van der Waals surface area contributed by atoms with Gasteiger partial charge >= 0.3 is 0 Å². The van der Waals surface area contributed by atoms with Crippen molar-refractivity contribution in [2.75, 3.05) is 49.9 Å². The first-order valence-electron chi connectivity index (χ1n) is 11.0. The van der Waals surface area contributed by atoms with E-state index in [0.29, 0.717) is 13.0 Å². The lowest BCUT2D eigenvalue weighted by molar-refractivity contribution is -0.120. The molecule has 1 aliphatic rings. The maximum atomic E-state index is 12.1. The predicted octanol–water partition coefficient (Wildman–Crippen LogP) is 4.99. The highest BCUT2D eigenvalue weighted by atomic mass is 35.5. The number of hydrogen-bond donors (Lipinski definition) is 1. The summed E-state index contributed by atoms with van der Waals surface area (Å²) in [5.41, 5.74) is 3.69. The molecular formula is C24H29ClN4OS2. The first-order chi connectivity index (χ1) is 15.5. The van der Waals surface area contributed by atoms with Gasteiger partial charge in [-0.3, -0.25) is 9.69 Å². The average molecular weight is 489 g/mol. The van der Waals surface area contributed by atoms with Gasteiger partial charge in [-0.2, -0.15) is 0 Å². The first-order valence-corrected chi connectivity index (χ1v) is 13.2. The summed E-state index contributed by atoms with van der Waals surface area (Å²) in [6, 6.07) is 12.1. The number of piperazine rings is 1. The van der Waals surface area contributed by atoms with E-state index in [-0.39, 0.29) is 5.91 Å². The van der Waals surface area contributed by atoms with Crippen LogP contribution >= 0.6 is 34.7 Å². The average Bonchev–Trinajstić information content (AvgIpc) is 3.20. The lowest BCUT2D eigenvalue weighted by atomic mass is 10.1. The van der Waals surface area contributed by atoms with Crippen LogP contribution < -0.4 is 10.2 Å². The molecule has 8 heteroatoms. The molecule has 1 amide bonds. The Morgan fingerprint density at radius 1 is 1.16 bits per heavy atom. The van der Waals surface area contributed by atoms with Crippen LogP contribution in [-0.2, 0) is 4.79 Å². The van der Waals surface area contributed by atoms with E-state index in [0.717, 1.165) is 59.0 Å². The van der Waals surface area contributed by atoms with Gasteiger partial charge in [0.05, 0.1) is 10.2 Å². The number of thiazole rings is 1. The fraction of sp³-hybridized carbons (Fsp3) is 0.417. The number of aromatic nitrogens is 1. The van der Waals surface area contributed by atoms with Crippen molar-refractivity contribution in [1.29, 1.82) is 0 Å². The number of hydrogen-bond acceptors (Lipinski definition) is 6. The molecule has 4 rings (SSSR count). The number of rotatable bonds is 8. The molecule has 1 N–H and O–H groups in total. The van der Waals surface area contributed by atoms with Crippen LogP contribution in [0.25, 0.3) is 10.2 Å². The van der Waals surface area contributed by atoms with E-state index in [4.69, 9.17) is 16.6 Å². The molecule has 1 fully saturated rings. The van der Waals surface area contributed by atoms with Crippen LogP contribution in [-0.4, -0.2) is 60.8 Å². The van der Waals surface area contributed by atoms with Crippen LogP contribution in [0.5, 0.6) is 0 Å². The standard InChI is InChI=1S/C24H29ClN4OS2/c1-17-15-18(2)23-21(16-17)27-24(32-23)29-12-10-28(11-13-29)9-8-26-22(30)7-14-31-20-5-3-19(25)4-6-20/h3-6,15-16H,7-14H2,1-2H3,(H,26,30). The van der Waals surface area contributed by atoms with Crippen LogP contribution in [0.15, 0.2) is 41.3 Å². The van der Waals surface area contributed by atoms with Crippen LogP contribution in [0.4, 0.5) is 5.13 Å². The molecule has 0 spiro atoms. The summed E-state index contributed by atoms with van der Waals surface area (Å²) in [6.45, 7) is 9.83. The Hall–Kier alpha value is -1.80. The summed E-state index contributed by atoms with van der Waals surface area (Å²) in [4.78, 5) is 23.0. The highest BCUT2D eigenvalue weighted by Gasteiger charge is 2.20. The number of nitrogens with one attached hydrogen (secondary N) is 1. The number of benzene rings is 2. The molecule has 32 heavy (non-hydrogen) atoms. The third-order valence-electron chi connectivity index (χ3n) is 5.61. The monoisotopic (exact) mass is 488 g/mol. The molecule has 170 valence electrons. The van der Waals surface area contributed by atoms with Gasteiger partial charge < -0.3 is 10.2 Å². The maximum Gasteiger partial charge on any atom is 0.220 e. The zero-order chi connectivity index (χ0) is 22.5. The van der Waals surface area contributed by atoms with Gasteiger partial charge in [0, 0.05) is 61.4 Å². The second-order valence-corrected chi connectivity index (χ2v) is 10.7. The summed E-state index contributed by atoms with van der Waals surface area (Å²) < 4.78 is 1.30. The largest absolute Gasteiger partial charge is 0.355 e. The molecule has 0 unspecified atom stereocenters. The van der Waals surface area contributed by atoms with Crippen molar-refractivity contribution in [1.82, 2.24) is 15.2 Å². The van der Waals surface area contributed by atoms with E-state index in [1.807, 2.05) is 24.3 Å². The Morgan fingerprint density at radius 3 is 2.66 bits per heavy atom. The molecular weight excluding hydrogens is 460 g/mol. The zero-order valence-electron chi connectivity index (χ0n) is 18.6. The topological polar surface area (TPSA) is 48.5 Å². The number of nitrogens with zero attached hydrogens (tertiary/aromatic N) is 3. The lowest BCUT2D eigenvalue weighted by Gasteiger charge is -2.34. The number of amides is 1. The Bertz CT molecular complexity index is 1060. The third kappa shape index (κ3) is 6.16.